The minimum absolute atomic E-state index is 0.195. The predicted molar refractivity (Wildman–Crippen MR) is 283 cm³/mol. The molecule has 0 saturated carbocycles. The molecule has 2 atom stereocenters. The number of rotatable bonds is 5. The average Bonchev–Trinajstić information content (AvgIpc) is 3.86. The summed E-state index contributed by atoms with van der Waals surface area (Å²) >= 11 is 0. The monoisotopic (exact) mass is 888 g/mol. The minimum atomic E-state index is -3.46. The summed E-state index contributed by atoms with van der Waals surface area (Å²) in [5.74, 6) is 0. The highest BCUT2D eigenvalue weighted by Gasteiger charge is 2.54. The highest BCUT2D eigenvalue weighted by atomic mass is 31.2. The van der Waals surface area contributed by atoms with E-state index in [1.165, 1.54) is 60.8 Å². The summed E-state index contributed by atoms with van der Waals surface area (Å²) in [6.45, 7) is 4.70. The molecule has 322 valence electrons. The molecule has 3 heterocycles. The van der Waals surface area contributed by atoms with Crippen LogP contribution >= 0.6 is 7.14 Å². The third kappa shape index (κ3) is 5.12. The fourth-order valence-electron chi connectivity index (χ4n) is 12.5. The second kappa shape index (κ2) is 14.3. The predicted octanol–water partition coefficient (Wildman–Crippen LogP) is 14.9. The Labute approximate surface area is 396 Å². The van der Waals surface area contributed by atoms with Crippen molar-refractivity contribution in [1.29, 1.82) is 0 Å². The second-order valence-corrected chi connectivity index (χ2v) is 21.8. The molecule has 3 nitrogen and oxygen atoms in total. The number of para-hydroxylation sites is 3. The van der Waals surface area contributed by atoms with Gasteiger partial charge < -0.3 is 14.0 Å². The number of aromatic nitrogens is 1. The molecule has 2 aliphatic heterocycles. The molecule has 1 aromatic heterocycles. The topological polar surface area (TPSA) is 25.2 Å². The van der Waals surface area contributed by atoms with Crippen molar-refractivity contribution in [3.63, 3.8) is 0 Å². The molecule has 10 aromatic carbocycles. The molecule has 2 unspecified atom stereocenters. The maximum Gasteiger partial charge on any atom is 0.171 e. The number of fused-ring (bicyclic) bond motifs is 14. The van der Waals surface area contributed by atoms with Gasteiger partial charge in [-0.1, -0.05) is 196 Å². The summed E-state index contributed by atoms with van der Waals surface area (Å²) in [7, 11) is -3.46. The zero-order valence-electron chi connectivity index (χ0n) is 37.8. The van der Waals surface area contributed by atoms with E-state index in [0.29, 0.717) is 0 Å². The number of hydrogen-bond donors (Lipinski definition) is 0. The summed E-state index contributed by atoms with van der Waals surface area (Å²) in [5.41, 5.74) is 17.6. The van der Waals surface area contributed by atoms with Gasteiger partial charge in [-0.25, -0.2) is 0 Å². The zero-order valence-corrected chi connectivity index (χ0v) is 38.7. The van der Waals surface area contributed by atoms with Crippen LogP contribution in [0.4, 0.5) is 17.1 Å². The maximum atomic E-state index is 16.9. The van der Waals surface area contributed by atoms with Gasteiger partial charge in [0.15, 0.2) is 7.14 Å². The van der Waals surface area contributed by atoms with Crippen molar-refractivity contribution in [2.75, 3.05) is 4.90 Å². The van der Waals surface area contributed by atoms with E-state index < -0.39 is 12.6 Å². The average molecular weight is 889 g/mol. The molecule has 68 heavy (non-hydrogen) atoms. The van der Waals surface area contributed by atoms with Gasteiger partial charge in [-0.05, 0) is 110 Å². The number of anilines is 3. The van der Waals surface area contributed by atoms with Crippen LogP contribution in [0.25, 0.3) is 49.7 Å². The molecule has 0 bridgehead atoms. The first-order chi connectivity index (χ1) is 33.4. The van der Waals surface area contributed by atoms with Gasteiger partial charge in [0.05, 0.1) is 22.1 Å². The minimum Gasteiger partial charge on any atom is -0.310 e. The van der Waals surface area contributed by atoms with E-state index in [9.17, 15) is 0 Å². The van der Waals surface area contributed by atoms with Gasteiger partial charge >= 0.3 is 0 Å². The molecule has 0 fully saturated rings. The lowest BCUT2D eigenvalue weighted by molar-refractivity contribution is 0.590. The fourth-order valence-corrected chi connectivity index (χ4v) is 15.6. The van der Waals surface area contributed by atoms with E-state index in [2.05, 4.69) is 242 Å². The highest BCUT2D eigenvalue weighted by molar-refractivity contribution is 7.85. The lowest BCUT2D eigenvalue weighted by Gasteiger charge is -2.48. The van der Waals surface area contributed by atoms with E-state index in [1.54, 1.807) is 0 Å². The van der Waals surface area contributed by atoms with Crippen LogP contribution in [-0.2, 0) is 15.4 Å². The molecular weight excluding hydrogens is 844 g/mol. The highest BCUT2D eigenvalue weighted by Crippen LogP contribution is 2.61. The molecule has 14 rings (SSSR count). The van der Waals surface area contributed by atoms with Gasteiger partial charge in [0.1, 0.15) is 0 Å². The van der Waals surface area contributed by atoms with Crippen LogP contribution in [0.3, 0.4) is 0 Å². The van der Waals surface area contributed by atoms with Crippen molar-refractivity contribution < 1.29 is 4.57 Å². The van der Waals surface area contributed by atoms with Crippen molar-refractivity contribution in [2.45, 2.75) is 24.7 Å². The normalized spacial score (nSPS) is 17.9. The Kier molecular flexibility index (Phi) is 8.23. The third-order valence-corrected chi connectivity index (χ3v) is 18.6. The molecule has 0 radical (unpaired) electrons. The number of benzene rings is 10. The summed E-state index contributed by atoms with van der Waals surface area (Å²) in [5, 5.41) is 5.02. The Morgan fingerprint density at radius 3 is 1.78 bits per heavy atom. The summed E-state index contributed by atoms with van der Waals surface area (Å²) in [4.78, 5) is 2.42. The van der Waals surface area contributed by atoms with E-state index in [4.69, 9.17) is 0 Å². The summed E-state index contributed by atoms with van der Waals surface area (Å²) < 4.78 is 19.4. The van der Waals surface area contributed by atoms with Crippen LogP contribution in [0, 0.1) is 0 Å². The molecule has 0 N–H and O–H groups in total. The van der Waals surface area contributed by atoms with Crippen molar-refractivity contribution in [2.24, 2.45) is 0 Å². The zero-order chi connectivity index (χ0) is 45.4. The Bertz CT molecular complexity index is 3920. The van der Waals surface area contributed by atoms with Gasteiger partial charge in [-0.3, -0.25) is 0 Å². The van der Waals surface area contributed by atoms with Crippen LogP contribution in [0.1, 0.15) is 47.2 Å². The molecule has 4 heteroatoms. The Hall–Kier alpha value is -7.97. The molecule has 1 spiro atoms. The Morgan fingerprint density at radius 1 is 0.412 bits per heavy atom. The van der Waals surface area contributed by atoms with Crippen molar-refractivity contribution in [3.05, 3.63) is 270 Å². The van der Waals surface area contributed by atoms with Gasteiger partial charge in [-0.2, -0.15) is 0 Å². The first kappa shape index (κ1) is 39.2. The Morgan fingerprint density at radius 2 is 0.971 bits per heavy atom. The van der Waals surface area contributed by atoms with Gasteiger partial charge in [0.25, 0.3) is 0 Å². The molecule has 0 amide bonds. The van der Waals surface area contributed by atoms with Gasteiger partial charge in [0, 0.05) is 49.2 Å². The summed E-state index contributed by atoms with van der Waals surface area (Å²) in [6.07, 6.45) is 0. The molecule has 1 aliphatic carbocycles. The fraction of sp³-hybridized carbons (Fsp3) is 0.0625. The molecule has 0 saturated heterocycles. The second-order valence-electron chi connectivity index (χ2n) is 19.1. The SMILES string of the molecule is CC1(C)c2ccccc2-c2ccc(N(c3ccc(-c4ccccc4)cc3)c3ccc4c(c3)C3(c5ccccc5-n5c6ccccc6c6cccc3c65)c3ccccc3P4(=O)c3ccccc3)cc21. The van der Waals surface area contributed by atoms with E-state index in [-0.39, 0.29) is 5.41 Å². The molecule has 11 aromatic rings. The third-order valence-electron chi connectivity index (χ3n) is 15.5. The van der Waals surface area contributed by atoms with E-state index >= 15 is 4.57 Å². The van der Waals surface area contributed by atoms with Gasteiger partial charge in [-0.15, -0.1) is 0 Å². The smallest absolute Gasteiger partial charge is 0.171 e. The first-order valence-corrected chi connectivity index (χ1v) is 25.3. The summed E-state index contributed by atoms with van der Waals surface area (Å²) in [6, 6.07) is 85.6. The lowest BCUT2D eigenvalue weighted by Crippen LogP contribution is -2.48. The van der Waals surface area contributed by atoms with Crippen molar-refractivity contribution in [1.82, 2.24) is 4.57 Å². The van der Waals surface area contributed by atoms with E-state index in [1.807, 2.05) is 18.2 Å². The maximum absolute atomic E-state index is 16.9. The van der Waals surface area contributed by atoms with Crippen LogP contribution in [0.2, 0.25) is 0 Å². The van der Waals surface area contributed by atoms with Crippen molar-refractivity contribution in [3.8, 4) is 27.9 Å². The lowest BCUT2D eigenvalue weighted by atomic mass is 9.62. The van der Waals surface area contributed by atoms with Crippen molar-refractivity contribution >= 4 is 61.9 Å². The number of nitrogens with zero attached hydrogens (tertiary/aromatic N) is 2. The quantitative estimate of drug-likeness (QED) is 0.161. The Balaban J connectivity index is 1.10. The van der Waals surface area contributed by atoms with Crippen LogP contribution < -0.4 is 20.8 Å². The van der Waals surface area contributed by atoms with E-state index in [0.717, 1.165) is 55.4 Å². The van der Waals surface area contributed by atoms with Gasteiger partial charge in [0.2, 0.25) is 0 Å². The largest absolute Gasteiger partial charge is 0.310 e. The molecular formula is C64H45N2OP. The first-order valence-electron chi connectivity index (χ1n) is 23.6. The standard InChI is InChI=1S/C64H45N2OP/c1-63(2)52-25-11-9-22-48(52)49-38-36-45(40-56(49)63)65(44-34-32-43(33-35-44)42-18-5-3-6-19-42)46-37-39-61-57(41-46)64(54-27-13-16-31-60(54)68(61,67)47-20-7-4-8-21-47)53-26-12-15-30-59(53)66-58-29-14-10-23-50(58)51-24-17-28-55(64)62(51)66/h3-41H,1-2H3. The van der Waals surface area contributed by atoms with Crippen LogP contribution in [0.5, 0.6) is 0 Å². The number of hydrogen-bond acceptors (Lipinski definition) is 2. The molecule has 3 aliphatic rings. The van der Waals surface area contributed by atoms with Crippen LogP contribution in [0.15, 0.2) is 237 Å². The van der Waals surface area contributed by atoms with Crippen LogP contribution in [-0.4, -0.2) is 4.57 Å².